The van der Waals surface area contributed by atoms with Crippen molar-refractivity contribution in [3.05, 3.63) is 17.4 Å². The molecule has 108 valence electrons. The van der Waals surface area contributed by atoms with Crippen molar-refractivity contribution in [3.8, 4) is 11.6 Å². The Hall–Kier alpha value is -1.53. The van der Waals surface area contributed by atoms with E-state index in [-0.39, 0.29) is 5.41 Å². The van der Waals surface area contributed by atoms with Gasteiger partial charge in [0, 0.05) is 13.1 Å². The molecule has 1 aliphatic heterocycles. The van der Waals surface area contributed by atoms with E-state index in [1.165, 1.54) is 0 Å². The summed E-state index contributed by atoms with van der Waals surface area (Å²) in [5.74, 6) is 1.89. The number of nitrogens with two attached hydrogens (primary N) is 1. The van der Waals surface area contributed by atoms with Crippen LogP contribution in [0.5, 0.6) is 0 Å². The Morgan fingerprint density at radius 2 is 2.20 bits per heavy atom. The van der Waals surface area contributed by atoms with Gasteiger partial charge >= 0.3 is 0 Å². The van der Waals surface area contributed by atoms with Crippen LogP contribution in [0.15, 0.2) is 16.5 Å². The van der Waals surface area contributed by atoms with Crippen LogP contribution in [0.3, 0.4) is 0 Å². The highest BCUT2D eigenvalue weighted by Crippen LogP contribution is 2.31. The third-order valence-electron chi connectivity index (χ3n) is 4.03. The number of piperidine rings is 1. The van der Waals surface area contributed by atoms with Crippen molar-refractivity contribution in [1.29, 1.82) is 0 Å². The summed E-state index contributed by atoms with van der Waals surface area (Å²) in [7, 11) is 0. The average Bonchev–Trinajstić information content (AvgIpc) is 3.08. The number of aromatic amines is 1. The Bertz CT molecular complexity index is 585. The molecule has 0 aromatic carbocycles. The monoisotopic (exact) mass is 295 g/mol. The van der Waals surface area contributed by atoms with Crippen LogP contribution in [0.4, 0.5) is 5.95 Å². The topological polar surface area (TPSA) is 84.0 Å². The summed E-state index contributed by atoms with van der Waals surface area (Å²) in [6.45, 7) is 4.80. The predicted octanol–water partition coefficient (Wildman–Crippen LogP) is 2.28. The van der Waals surface area contributed by atoms with Crippen LogP contribution in [-0.4, -0.2) is 34.8 Å². The van der Waals surface area contributed by atoms with Gasteiger partial charge in [-0.2, -0.15) is 4.98 Å². The molecule has 6 nitrogen and oxygen atoms in total. The number of hydrogen-bond acceptors (Lipinski definition) is 5. The van der Waals surface area contributed by atoms with Crippen LogP contribution < -0.4 is 10.6 Å². The van der Waals surface area contributed by atoms with Crippen molar-refractivity contribution in [2.24, 2.45) is 11.1 Å². The minimum Gasteiger partial charge on any atom is -0.441 e. The molecule has 1 saturated heterocycles. The second-order valence-corrected chi connectivity index (χ2v) is 5.96. The summed E-state index contributed by atoms with van der Waals surface area (Å²) >= 11 is 5.76. The van der Waals surface area contributed by atoms with Gasteiger partial charge in [-0.05, 0) is 48.5 Å². The van der Waals surface area contributed by atoms with E-state index >= 15 is 0 Å². The van der Waals surface area contributed by atoms with E-state index in [0.29, 0.717) is 22.8 Å². The minimum atomic E-state index is 0.240. The number of nitrogens with one attached hydrogen (secondary N) is 1. The predicted molar refractivity (Wildman–Crippen MR) is 77.7 cm³/mol. The lowest BCUT2D eigenvalue weighted by Crippen LogP contribution is -2.42. The first-order chi connectivity index (χ1) is 9.59. The van der Waals surface area contributed by atoms with Gasteiger partial charge in [-0.3, -0.25) is 5.10 Å². The zero-order valence-corrected chi connectivity index (χ0v) is 12.2. The highest BCUT2D eigenvalue weighted by atomic mass is 35.5. The number of H-pyrrole nitrogens is 1. The van der Waals surface area contributed by atoms with Gasteiger partial charge in [0.05, 0.1) is 0 Å². The maximum atomic E-state index is 5.82. The van der Waals surface area contributed by atoms with Gasteiger partial charge in [0.1, 0.15) is 0 Å². The maximum absolute atomic E-state index is 5.82. The van der Waals surface area contributed by atoms with Gasteiger partial charge in [-0.15, -0.1) is 5.10 Å². The number of anilines is 1. The molecule has 2 aromatic heterocycles. The molecular weight excluding hydrogens is 278 g/mol. The zero-order chi connectivity index (χ0) is 14.2. The number of rotatable bonds is 3. The molecule has 0 aliphatic carbocycles. The normalized spacial score (nSPS) is 18.4. The molecule has 7 heteroatoms. The Labute approximate surface area is 122 Å². The molecule has 0 bridgehead atoms. The zero-order valence-electron chi connectivity index (χ0n) is 11.4. The lowest BCUT2D eigenvalue weighted by Gasteiger charge is -2.38. The highest BCUT2D eigenvalue weighted by Gasteiger charge is 2.30. The Balaban J connectivity index is 1.72. The summed E-state index contributed by atoms with van der Waals surface area (Å²) in [4.78, 5) is 6.64. The van der Waals surface area contributed by atoms with Crippen molar-refractivity contribution < 1.29 is 4.42 Å². The van der Waals surface area contributed by atoms with E-state index in [0.717, 1.165) is 32.5 Å². The molecule has 0 radical (unpaired) electrons. The Morgan fingerprint density at radius 1 is 1.45 bits per heavy atom. The largest absolute Gasteiger partial charge is 0.441 e. The number of aromatic nitrogens is 3. The molecule has 20 heavy (non-hydrogen) atoms. The molecule has 1 aliphatic rings. The fraction of sp³-hybridized carbons (Fsp3) is 0.538. The summed E-state index contributed by atoms with van der Waals surface area (Å²) in [6, 6.07) is 3.46. The second-order valence-electron chi connectivity index (χ2n) is 5.59. The standard InChI is InChI=1S/C13H18ClN5O/c1-13(8-15)4-6-19(7-5-13)12-16-11(17-18-12)9-2-3-10(14)20-9/h2-3H,4-8,15H2,1H3,(H,16,17,18). The number of furan rings is 1. The molecule has 0 saturated carbocycles. The summed E-state index contributed by atoms with van der Waals surface area (Å²) < 4.78 is 5.32. The molecule has 0 spiro atoms. The van der Waals surface area contributed by atoms with Crippen molar-refractivity contribution >= 4 is 17.5 Å². The smallest absolute Gasteiger partial charge is 0.245 e. The van der Waals surface area contributed by atoms with Crippen LogP contribution in [0.1, 0.15) is 19.8 Å². The van der Waals surface area contributed by atoms with E-state index in [1.807, 2.05) is 0 Å². The molecule has 2 aromatic rings. The van der Waals surface area contributed by atoms with Gasteiger partial charge in [0.25, 0.3) is 0 Å². The first kappa shape index (κ1) is 13.5. The fourth-order valence-electron chi connectivity index (χ4n) is 2.40. The van der Waals surface area contributed by atoms with Crippen LogP contribution >= 0.6 is 11.6 Å². The van der Waals surface area contributed by atoms with E-state index in [1.54, 1.807) is 12.1 Å². The van der Waals surface area contributed by atoms with Gasteiger partial charge in [0.2, 0.25) is 5.95 Å². The van der Waals surface area contributed by atoms with Crippen LogP contribution in [0.2, 0.25) is 5.22 Å². The summed E-state index contributed by atoms with van der Waals surface area (Å²) in [6.07, 6.45) is 2.11. The average molecular weight is 296 g/mol. The quantitative estimate of drug-likeness (QED) is 0.907. The number of halogens is 1. The number of nitrogens with zero attached hydrogens (tertiary/aromatic N) is 3. The summed E-state index contributed by atoms with van der Waals surface area (Å²) in [5, 5.41) is 7.48. The van der Waals surface area contributed by atoms with E-state index in [9.17, 15) is 0 Å². The van der Waals surface area contributed by atoms with E-state index in [4.69, 9.17) is 21.8 Å². The van der Waals surface area contributed by atoms with Crippen molar-refractivity contribution in [3.63, 3.8) is 0 Å². The minimum absolute atomic E-state index is 0.240. The Morgan fingerprint density at radius 3 is 2.80 bits per heavy atom. The fourth-order valence-corrected chi connectivity index (χ4v) is 2.54. The third-order valence-corrected chi connectivity index (χ3v) is 4.23. The van der Waals surface area contributed by atoms with Crippen molar-refractivity contribution in [2.75, 3.05) is 24.5 Å². The molecule has 3 rings (SSSR count). The molecule has 0 amide bonds. The molecular formula is C13H18ClN5O. The maximum Gasteiger partial charge on any atom is 0.245 e. The molecule has 3 heterocycles. The Kier molecular flexibility index (Phi) is 3.43. The van der Waals surface area contributed by atoms with Gasteiger partial charge < -0.3 is 15.1 Å². The van der Waals surface area contributed by atoms with E-state index in [2.05, 4.69) is 27.0 Å². The van der Waals surface area contributed by atoms with E-state index < -0.39 is 0 Å². The third kappa shape index (κ3) is 2.53. The number of hydrogen-bond donors (Lipinski definition) is 2. The SMILES string of the molecule is CC1(CN)CCN(c2n[nH]c(-c3ccc(Cl)o3)n2)CC1. The highest BCUT2D eigenvalue weighted by molar-refractivity contribution is 6.28. The van der Waals surface area contributed by atoms with Crippen molar-refractivity contribution in [1.82, 2.24) is 15.2 Å². The van der Waals surface area contributed by atoms with Crippen LogP contribution in [0, 0.1) is 5.41 Å². The second kappa shape index (κ2) is 5.10. The lowest BCUT2D eigenvalue weighted by atomic mass is 9.81. The molecule has 0 atom stereocenters. The van der Waals surface area contributed by atoms with Gasteiger partial charge in [0.15, 0.2) is 16.8 Å². The summed E-state index contributed by atoms with van der Waals surface area (Å²) in [5.41, 5.74) is 6.06. The van der Waals surface area contributed by atoms with Gasteiger partial charge in [-0.1, -0.05) is 6.92 Å². The first-order valence-electron chi connectivity index (χ1n) is 6.73. The van der Waals surface area contributed by atoms with Crippen LogP contribution in [0.25, 0.3) is 11.6 Å². The van der Waals surface area contributed by atoms with Gasteiger partial charge in [-0.25, -0.2) is 0 Å². The first-order valence-corrected chi connectivity index (χ1v) is 7.11. The van der Waals surface area contributed by atoms with Crippen molar-refractivity contribution in [2.45, 2.75) is 19.8 Å². The molecule has 1 fully saturated rings. The molecule has 0 unspecified atom stereocenters. The lowest BCUT2D eigenvalue weighted by molar-refractivity contribution is 0.257. The molecule has 3 N–H and O–H groups in total. The van der Waals surface area contributed by atoms with Crippen LogP contribution in [-0.2, 0) is 0 Å².